The molecule has 0 fully saturated rings. The Balaban J connectivity index is 2.27. The standard InChI is InChI=1S/C18H22F2N4O/c1-4-8-24(9-5-2)17-11-16(21-12(3)22-17)18(25)23-15-7-6-13(19)10-14(15)20/h6-7,10-11H,4-5,8-9H2,1-3H3,(H,23,25). The van der Waals surface area contributed by atoms with Gasteiger partial charge in [-0.1, -0.05) is 13.8 Å². The van der Waals surface area contributed by atoms with Gasteiger partial charge in [0.25, 0.3) is 5.91 Å². The highest BCUT2D eigenvalue weighted by Crippen LogP contribution is 2.18. The molecule has 0 spiro atoms. The van der Waals surface area contributed by atoms with Crippen molar-refractivity contribution in [1.82, 2.24) is 9.97 Å². The molecule has 7 heteroatoms. The van der Waals surface area contributed by atoms with Crippen molar-refractivity contribution < 1.29 is 13.6 Å². The quantitative estimate of drug-likeness (QED) is 0.823. The minimum Gasteiger partial charge on any atom is -0.357 e. The Bertz CT molecular complexity index is 746. The summed E-state index contributed by atoms with van der Waals surface area (Å²) in [6.07, 6.45) is 1.90. The lowest BCUT2D eigenvalue weighted by atomic mass is 10.2. The van der Waals surface area contributed by atoms with E-state index in [4.69, 9.17) is 0 Å². The van der Waals surface area contributed by atoms with Gasteiger partial charge in [-0.2, -0.15) is 0 Å². The fraction of sp³-hybridized carbons (Fsp3) is 0.389. The molecule has 0 aliphatic heterocycles. The van der Waals surface area contributed by atoms with Crippen molar-refractivity contribution in [2.24, 2.45) is 0 Å². The molecule has 134 valence electrons. The summed E-state index contributed by atoms with van der Waals surface area (Å²) in [5, 5.41) is 2.42. The first-order valence-electron chi connectivity index (χ1n) is 8.31. The Hall–Kier alpha value is -2.57. The van der Waals surface area contributed by atoms with Crippen molar-refractivity contribution in [2.75, 3.05) is 23.3 Å². The normalized spacial score (nSPS) is 10.6. The van der Waals surface area contributed by atoms with Crippen molar-refractivity contribution in [1.29, 1.82) is 0 Å². The maximum Gasteiger partial charge on any atom is 0.274 e. The number of nitrogens with one attached hydrogen (secondary N) is 1. The van der Waals surface area contributed by atoms with Gasteiger partial charge in [0.05, 0.1) is 5.69 Å². The van der Waals surface area contributed by atoms with Crippen molar-refractivity contribution in [3.63, 3.8) is 0 Å². The number of rotatable bonds is 7. The molecule has 0 aliphatic carbocycles. The van der Waals surface area contributed by atoms with Crippen LogP contribution in [0.15, 0.2) is 24.3 Å². The second-order valence-corrected chi connectivity index (χ2v) is 5.72. The van der Waals surface area contributed by atoms with Gasteiger partial charge >= 0.3 is 0 Å². The van der Waals surface area contributed by atoms with Crippen LogP contribution < -0.4 is 10.2 Å². The lowest BCUT2D eigenvalue weighted by molar-refractivity contribution is 0.102. The molecule has 2 rings (SSSR count). The maximum absolute atomic E-state index is 13.7. The van der Waals surface area contributed by atoms with E-state index >= 15 is 0 Å². The van der Waals surface area contributed by atoms with Crippen LogP contribution in [-0.4, -0.2) is 29.0 Å². The van der Waals surface area contributed by atoms with Crippen LogP contribution in [0.5, 0.6) is 0 Å². The zero-order valence-electron chi connectivity index (χ0n) is 14.6. The third kappa shape index (κ3) is 4.95. The first kappa shape index (κ1) is 18.8. The maximum atomic E-state index is 13.7. The van der Waals surface area contributed by atoms with Crippen LogP contribution in [0, 0.1) is 18.6 Å². The van der Waals surface area contributed by atoms with Crippen LogP contribution in [0.4, 0.5) is 20.3 Å². The number of amides is 1. The minimum absolute atomic E-state index is 0.0943. The van der Waals surface area contributed by atoms with Crippen molar-refractivity contribution in [3.8, 4) is 0 Å². The zero-order chi connectivity index (χ0) is 18.4. The van der Waals surface area contributed by atoms with E-state index in [1.807, 2.05) is 0 Å². The number of halogens is 2. The average molecular weight is 348 g/mol. The molecule has 25 heavy (non-hydrogen) atoms. The van der Waals surface area contributed by atoms with Crippen LogP contribution >= 0.6 is 0 Å². The summed E-state index contributed by atoms with van der Waals surface area (Å²) in [4.78, 5) is 23.0. The largest absolute Gasteiger partial charge is 0.357 e. The molecule has 0 saturated carbocycles. The molecule has 0 saturated heterocycles. The van der Waals surface area contributed by atoms with Crippen molar-refractivity contribution in [2.45, 2.75) is 33.6 Å². The number of hydrogen-bond acceptors (Lipinski definition) is 4. The summed E-state index contributed by atoms with van der Waals surface area (Å²) >= 11 is 0. The van der Waals surface area contributed by atoms with E-state index in [1.165, 1.54) is 6.07 Å². The number of carbonyl (C=O) groups excluding carboxylic acids is 1. The Labute approximate surface area is 146 Å². The third-order valence-corrected chi connectivity index (χ3v) is 3.55. The van der Waals surface area contributed by atoms with E-state index in [0.29, 0.717) is 11.6 Å². The molecular formula is C18H22F2N4O. The second-order valence-electron chi connectivity index (χ2n) is 5.72. The van der Waals surface area contributed by atoms with E-state index in [-0.39, 0.29) is 11.4 Å². The molecule has 2 aromatic rings. The van der Waals surface area contributed by atoms with Gasteiger partial charge in [-0.05, 0) is 31.9 Å². The summed E-state index contributed by atoms with van der Waals surface area (Å²) < 4.78 is 26.7. The number of carbonyl (C=O) groups is 1. The predicted molar refractivity (Wildman–Crippen MR) is 93.9 cm³/mol. The van der Waals surface area contributed by atoms with Gasteiger partial charge in [-0.25, -0.2) is 18.7 Å². The highest BCUT2D eigenvalue weighted by molar-refractivity contribution is 6.03. The smallest absolute Gasteiger partial charge is 0.274 e. The Morgan fingerprint density at radius 2 is 1.80 bits per heavy atom. The van der Waals surface area contributed by atoms with E-state index < -0.39 is 17.5 Å². The van der Waals surface area contributed by atoms with Gasteiger partial charge in [0.1, 0.15) is 29.0 Å². The van der Waals surface area contributed by atoms with Crippen LogP contribution in [0.2, 0.25) is 0 Å². The Morgan fingerprint density at radius 3 is 2.40 bits per heavy atom. The molecule has 1 N–H and O–H groups in total. The minimum atomic E-state index is -0.835. The third-order valence-electron chi connectivity index (χ3n) is 3.55. The molecule has 1 amide bonds. The van der Waals surface area contributed by atoms with Crippen LogP contribution in [-0.2, 0) is 0 Å². The summed E-state index contributed by atoms with van der Waals surface area (Å²) in [5.74, 6) is -0.978. The number of aryl methyl sites for hydroxylation is 1. The molecule has 1 aromatic carbocycles. The number of aromatic nitrogens is 2. The Kier molecular flexibility index (Phi) is 6.38. The van der Waals surface area contributed by atoms with E-state index in [2.05, 4.69) is 34.0 Å². The Morgan fingerprint density at radius 1 is 1.12 bits per heavy atom. The first-order chi connectivity index (χ1) is 11.9. The lowest BCUT2D eigenvalue weighted by Crippen LogP contribution is -2.27. The summed E-state index contributed by atoms with van der Waals surface area (Å²) in [6, 6.07) is 4.57. The fourth-order valence-corrected chi connectivity index (χ4v) is 2.49. The van der Waals surface area contributed by atoms with Gasteiger partial charge in [0, 0.05) is 25.2 Å². The summed E-state index contributed by atoms with van der Waals surface area (Å²) in [7, 11) is 0. The average Bonchev–Trinajstić information content (AvgIpc) is 2.56. The van der Waals surface area contributed by atoms with E-state index in [0.717, 1.165) is 38.1 Å². The van der Waals surface area contributed by atoms with Crippen molar-refractivity contribution >= 4 is 17.4 Å². The molecule has 1 heterocycles. The number of benzene rings is 1. The van der Waals surface area contributed by atoms with Gasteiger partial charge in [-0.3, -0.25) is 4.79 Å². The number of anilines is 2. The second kappa shape index (κ2) is 8.50. The van der Waals surface area contributed by atoms with Gasteiger partial charge in [-0.15, -0.1) is 0 Å². The van der Waals surface area contributed by atoms with Crippen molar-refractivity contribution in [3.05, 3.63) is 47.4 Å². The topological polar surface area (TPSA) is 58.1 Å². The molecular weight excluding hydrogens is 326 g/mol. The first-order valence-corrected chi connectivity index (χ1v) is 8.31. The lowest BCUT2D eigenvalue weighted by Gasteiger charge is -2.23. The fourth-order valence-electron chi connectivity index (χ4n) is 2.49. The molecule has 0 bridgehead atoms. The molecule has 0 aliphatic rings. The molecule has 5 nitrogen and oxygen atoms in total. The van der Waals surface area contributed by atoms with E-state index in [9.17, 15) is 13.6 Å². The highest BCUT2D eigenvalue weighted by Gasteiger charge is 2.16. The summed E-state index contributed by atoms with van der Waals surface area (Å²) in [6.45, 7) is 7.48. The monoisotopic (exact) mass is 348 g/mol. The summed E-state index contributed by atoms with van der Waals surface area (Å²) in [5.41, 5.74) is 0.0478. The van der Waals surface area contributed by atoms with Crippen LogP contribution in [0.25, 0.3) is 0 Å². The van der Waals surface area contributed by atoms with E-state index in [1.54, 1.807) is 13.0 Å². The van der Waals surface area contributed by atoms with Gasteiger partial charge in [0.2, 0.25) is 0 Å². The predicted octanol–water partition coefficient (Wildman–Crippen LogP) is 3.94. The number of hydrogen-bond donors (Lipinski definition) is 1. The van der Waals surface area contributed by atoms with Crippen LogP contribution in [0.1, 0.15) is 43.0 Å². The zero-order valence-corrected chi connectivity index (χ0v) is 14.6. The van der Waals surface area contributed by atoms with Gasteiger partial charge in [0.15, 0.2) is 0 Å². The van der Waals surface area contributed by atoms with Gasteiger partial charge < -0.3 is 10.2 Å². The number of nitrogens with zero attached hydrogens (tertiary/aromatic N) is 3. The SMILES string of the molecule is CCCN(CCC)c1cc(C(=O)Nc2ccc(F)cc2F)nc(C)n1. The molecule has 0 atom stereocenters. The highest BCUT2D eigenvalue weighted by atomic mass is 19.1. The molecule has 1 aromatic heterocycles. The van der Waals surface area contributed by atoms with Crippen LogP contribution in [0.3, 0.4) is 0 Å². The molecule has 0 radical (unpaired) electrons. The molecule has 0 unspecified atom stereocenters.